The highest BCUT2D eigenvalue weighted by molar-refractivity contribution is 4.95. The second-order valence-electron chi connectivity index (χ2n) is 1.87. The van der Waals surface area contributed by atoms with Crippen LogP contribution in [-0.4, -0.2) is 9.78 Å². The largest absolute Gasteiger partial charge is 0.504 e. The van der Waals surface area contributed by atoms with E-state index in [2.05, 4.69) is 5.10 Å². The fraction of sp³-hybridized carbons (Fsp3) is 0.667. The van der Waals surface area contributed by atoms with E-state index in [4.69, 9.17) is 0 Å². The average molecular weight is 210 g/mol. The standard InChI is InChI=1S/C5H5F3N2.2C2H6/c1-4-2-3-10(9-4)5(6,7)8;2*1-2/h2-3H,1H3;2*1-2H3. The maximum atomic E-state index is 11.7. The van der Waals surface area contributed by atoms with E-state index in [1.165, 1.54) is 13.0 Å². The van der Waals surface area contributed by atoms with Gasteiger partial charge in [0.15, 0.2) is 0 Å². The predicted octanol–water partition coefficient (Wildman–Crippen LogP) is 3.72. The Balaban J connectivity index is 0. The van der Waals surface area contributed by atoms with E-state index in [0.717, 1.165) is 6.20 Å². The van der Waals surface area contributed by atoms with E-state index >= 15 is 0 Å². The molecule has 1 aromatic heterocycles. The third-order valence-electron chi connectivity index (χ3n) is 0.982. The molecule has 0 N–H and O–H groups in total. The number of nitrogens with zero attached hydrogens (tertiary/aromatic N) is 2. The monoisotopic (exact) mass is 210 g/mol. The summed E-state index contributed by atoms with van der Waals surface area (Å²) in [6.07, 6.45) is -3.50. The van der Waals surface area contributed by atoms with Gasteiger partial charge in [0.25, 0.3) is 0 Å². The number of hydrogen-bond acceptors (Lipinski definition) is 1. The lowest BCUT2D eigenvalue weighted by molar-refractivity contribution is -0.212. The molecule has 0 saturated heterocycles. The summed E-state index contributed by atoms with van der Waals surface area (Å²) in [4.78, 5) is 0. The zero-order valence-electron chi connectivity index (χ0n) is 9.18. The van der Waals surface area contributed by atoms with E-state index in [-0.39, 0.29) is 4.68 Å². The number of aromatic nitrogens is 2. The molecule has 0 fully saturated rings. The Labute approximate surface area is 82.7 Å². The third kappa shape index (κ3) is 5.61. The summed E-state index contributed by atoms with van der Waals surface area (Å²) >= 11 is 0. The maximum absolute atomic E-state index is 11.7. The molecule has 0 aliphatic carbocycles. The molecule has 5 heteroatoms. The molecule has 0 atom stereocenters. The Kier molecular flexibility index (Phi) is 8.19. The van der Waals surface area contributed by atoms with Crippen molar-refractivity contribution in [1.82, 2.24) is 9.78 Å². The molecule has 0 spiro atoms. The molecule has 1 rings (SSSR count). The van der Waals surface area contributed by atoms with Crippen molar-refractivity contribution in [2.45, 2.75) is 40.9 Å². The molecular formula is C9H17F3N2. The van der Waals surface area contributed by atoms with Crippen LogP contribution in [0.1, 0.15) is 33.4 Å². The summed E-state index contributed by atoms with van der Waals surface area (Å²) in [7, 11) is 0. The second kappa shape index (κ2) is 7.41. The van der Waals surface area contributed by atoms with E-state index < -0.39 is 6.30 Å². The Bertz CT molecular complexity index is 228. The first-order valence-electron chi connectivity index (χ1n) is 4.59. The average Bonchev–Trinajstić information content (AvgIpc) is 2.58. The first kappa shape index (κ1) is 15.5. The molecular weight excluding hydrogens is 193 g/mol. The van der Waals surface area contributed by atoms with E-state index in [1.807, 2.05) is 27.7 Å². The lowest BCUT2D eigenvalue weighted by Crippen LogP contribution is -2.16. The van der Waals surface area contributed by atoms with Gasteiger partial charge in [0.2, 0.25) is 0 Å². The van der Waals surface area contributed by atoms with Crippen LogP contribution in [0.4, 0.5) is 13.2 Å². The minimum absolute atomic E-state index is 0.0255. The first-order valence-corrected chi connectivity index (χ1v) is 4.59. The van der Waals surface area contributed by atoms with E-state index in [9.17, 15) is 13.2 Å². The Morgan fingerprint density at radius 2 is 1.57 bits per heavy atom. The number of hydrogen-bond donors (Lipinski definition) is 0. The molecule has 1 heterocycles. The Morgan fingerprint density at radius 3 is 1.71 bits per heavy atom. The molecule has 1 aromatic rings. The smallest absolute Gasteiger partial charge is 0.179 e. The second-order valence-corrected chi connectivity index (χ2v) is 1.87. The molecule has 0 unspecified atom stereocenters. The van der Waals surface area contributed by atoms with E-state index in [0.29, 0.717) is 5.69 Å². The van der Waals surface area contributed by atoms with Gasteiger partial charge in [-0.2, -0.15) is 9.78 Å². The van der Waals surface area contributed by atoms with Crippen molar-refractivity contribution in [3.8, 4) is 0 Å². The van der Waals surface area contributed by atoms with Crippen molar-refractivity contribution in [2.75, 3.05) is 0 Å². The van der Waals surface area contributed by atoms with Gasteiger partial charge in [0.05, 0.1) is 5.69 Å². The van der Waals surface area contributed by atoms with Crippen LogP contribution in [0.2, 0.25) is 0 Å². The molecule has 0 aliphatic rings. The summed E-state index contributed by atoms with van der Waals surface area (Å²) in [5.74, 6) is 0. The van der Waals surface area contributed by atoms with Crippen LogP contribution in [0, 0.1) is 6.92 Å². The van der Waals surface area contributed by atoms with Crippen LogP contribution in [0.25, 0.3) is 0 Å². The van der Waals surface area contributed by atoms with Crippen molar-refractivity contribution in [3.63, 3.8) is 0 Å². The minimum atomic E-state index is -4.38. The van der Waals surface area contributed by atoms with Crippen molar-refractivity contribution in [2.24, 2.45) is 0 Å². The zero-order valence-corrected chi connectivity index (χ0v) is 9.18. The molecule has 0 aromatic carbocycles. The lowest BCUT2D eigenvalue weighted by atomic mass is 10.5. The minimum Gasteiger partial charge on any atom is -0.179 e. The van der Waals surface area contributed by atoms with Gasteiger partial charge in [-0.15, -0.1) is 13.2 Å². The molecule has 84 valence electrons. The van der Waals surface area contributed by atoms with Gasteiger partial charge in [-0.25, -0.2) is 0 Å². The highest BCUT2D eigenvalue weighted by atomic mass is 19.4. The number of aryl methyl sites for hydroxylation is 1. The Morgan fingerprint density at radius 1 is 1.14 bits per heavy atom. The highest BCUT2D eigenvalue weighted by Gasteiger charge is 2.30. The predicted molar refractivity (Wildman–Crippen MR) is 51.0 cm³/mol. The number of halogens is 3. The molecule has 14 heavy (non-hydrogen) atoms. The van der Waals surface area contributed by atoms with Crippen molar-refractivity contribution >= 4 is 0 Å². The highest BCUT2D eigenvalue weighted by Crippen LogP contribution is 2.20. The summed E-state index contributed by atoms with van der Waals surface area (Å²) < 4.78 is 35.1. The van der Waals surface area contributed by atoms with Crippen LogP contribution in [0.3, 0.4) is 0 Å². The SMILES string of the molecule is CC.CC.Cc1ccn(C(F)(F)F)n1. The number of alkyl halides is 3. The quantitative estimate of drug-likeness (QED) is 0.638. The molecule has 0 bridgehead atoms. The van der Waals surface area contributed by atoms with Crippen molar-refractivity contribution in [1.29, 1.82) is 0 Å². The fourth-order valence-corrected chi connectivity index (χ4v) is 0.556. The summed E-state index contributed by atoms with van der Waals surface area (Å²) in [6, 6.07) is 1.30. The maximum Gasteiger partial charge on any atom is 0.504 e. The van der Waals surface area contributed by atoms with Crippen molar-refractivity contribution in [3.05, 3.63) is 18.0 Å². The van der Waals surface area contributed by atoms with Gasteiger partial charge in [0.1, 0.15) is 0 Å². The normalized spacial score (nSPS) is 9.43. The van der Waals surface area contributed by atoms with E-state index in [1.54, 1.807) is 0 Å². The zero-order chi connectivity index (χ0) is 11.8. The van der Waals surface area contributed by atoms with Gasteiger partial charge >= 0.3 is 6.30 Å². The van der Waals surface area contributed by atoms with Crippen LogP contribution >= 0.6 is 0 Å². The fourth-order valence-electron chi connectivity index (χ4n) is 0.556. The van der Waals surface area contributed by atoms with Gasteiger partial charge in [-0.1, -0.05) is 27.7 Å². The van der Waals surface area contributed by atoms with Crippen LogP contribution < -0.4 is 0 Å². The van der Waals surface area contributed by atoms with Crippen LogP contribution in [-0.2, 0) is 6.30 Å². The third-order valence-corrected chi connectivity index (χ3v) is 0.982. The summed E-state index contributed by atoms with van der Waals surface area (Å²) in [6.45, 7) is 9.50. The Hall–Kier alpha value is -1.00. The van der Waals surface area contributed by atoms with Crippen molar-refractivity contribution < 1.29 is 13.2 Å². The topological polar surface area (TPSA) is 17.8 Å². The summed E-state index contributed by atoms with van der Waals surface area (Å²) in [5, 5.41) is 3.17. The molecule has 0 radical (unpaired) electrons. The molecule has 2 nitrogen and oxygen atoms in total. The van der Waals surface area contributed by atoms with Gasteiger partial charge in [0, 0.05) is 6.20 Å². The van der Waals surface area contributed by atoms with Crippen LogP contribution in [0.15, 0.2) is 12.3 Å². The first-order chi connectivity index (χ1) is 6.50. The molecule has 0 amide bonds. The van der Waals surface area contributed by atoms with Gasteiger partial charge in [-0.05, 0) is 13.0 Å². The molecule has 0 saturated carbocycles. The lowest BCUT2D eigenvalue weighted by Gasteiger charge is -2.03. The molecule has 0 aliphatic heterocycles. The van der Waals surface area contributed by atoms with Crippen LogP contribution in [0.5, 0.6) is 0 Å². The van der Waals surface area contributed by atoms with Gasteiger partial charge in [-0.3, -0.25) is 0 Å². The summed E-state index contributed by atoms with van der Waals surface area (Å²) in [5.41, 5.74) is 0.359. The number of rotatable bonds is 0. The van der Waals surface area contributed by atoms with Gasteiger partial charge < -0.3 is 0 Å².